The number of esters is 1. The fourth-order valence-electron chi connectivity index (χ4n) is 5.76. The molecule has 0 fully saturated rings. The fourth-order valence-corrected chi connectivity index (χ4v) is 6.51. The van der Waals surface area contributed by atoms with Crippen LogP contribution >= 0.6 is 7.82 Å². The van der Waals surface area contributed by atoms with Crippen molar-refractivity contribution >= 4 is 19.7 Å². The van der Waals surface area contributed by atoms with Gasteiger partial charge in [0.1, 0.15) is 12.7 Å². The average Bonchev–Trinajstić information content (AvgIpc) is 3.14. The van der Waals surface area contributed by atoms with Gasteiger partial charge in [-0.05, 0) is 70.6 Å². The average molecular weight is 770 g/mol. The highest BCUT2D eigenvalue weighted by atomic mass is 31.2. The Labute approximate surface area is 324 Å². The number of rotatable bonds is 40. The van der Waals surface area contributed by atoms with Crippen molar-refractivity contribution in [2.45, 2.75) is 200 Å². The third-order valence-corrected chi connectivity index (χ3v) is 10.0. The maximum Gasteiger partial charge on any atom is 0.472 e. The first-order chi connectivity index (χ1) is 25.8. The van der Waals surface area contributed by atoms with Crippen molar-refractivity contribution in [1.82, 2.24) is 5.32 Å². The zero-order valence-corrected chi connectivity index (χ0v) is 34.9. The minimum absolute atomic E-state index is 0.0757. The summed E-state index contributed by atoms with van der Waals surface area (Å²) in [5.74, 6) is -0.538. The summed E-state index contributed by atoms with van der Waals surface area (Å²) in [6.07, 6.45) is 43.5. The summed E-state index contributed by atoms with van der Waals surface area (Å²) in [4.78, 5) is 33.9. The van der Waals surface area contributed by atoms with Gasteiger partial charge in [0.2, 0.25) is 5.91 Å². The lowest BCUT2D eigenvalue weighted by Gasteiger charge is -2.15. The van der Waals surface area contributed by atoms with E-state index in [9.17, 15) is 24.2 Å². The summed E-state index contributed by atoms with van der Waals surface area (Å²) >= 11 is 0. The standard InChI is InChI=1S/C43H80NO8P/c1-3-5-7-9-11-13-15-17-19-21-23-25-27-29-31-33-35-42(46)44-37-38-51-53(48,49)52-40-41(45)39-50-43(47)36-34-32-30-28-26-24-22-20-18-16-14-12-10-8-6-4-2/h14,16,19-22,41,45H,3-13,15,17-18,23-40H2,1-2H3,(H,44,46)(H,48,49)/b16-14-,21-19-,22-20-. The van der Waals surface area contributed by atoms with Crippen molar-refractivity contribution in [2.24, 2.45) is 0 Å². The number of aliphatic hydroxyl groups is 1. The van der Waals surface area contributed by atoms with E-state index in [1.165, 1.54) is 89.9 Å². The Morgan fingerprint density at radius 3 is 1.55 bits per heavy atom. The van der Waals surface area contributed by atoms with Crippen molar-refractivity contribution < 1.29 is 37.9 Å². The van der Waals surface area contributed by atoms with E-state index in [0.29, 0.717) is 6.42 Å². The summed E-state index contributed by atoms with van der Waals surface area (Å²) in [5.41, 5.74) is 0. The Hall–Kier alpha value is -1.77. The van der Waals surface area contributed by atoms with Gasteiger partial charge in [-0.25, -0.2) is 4.57 Å². The van der Waals surface area contributed by atoms with Gasteiger partial charge in [0.15, 0.2) is 0 Å². The van der Waals surface area contributed by atoms with Crippen LogP contribution < -0.4 is 5.32 Å². The number of aliphatic hydroxyl groups excluding tert-OH is 1. The molecule has 2 unspecified atom stereocenters. The van der Waals surface area contributed by atoms with Crippen molar-refractivity contribution in [2.75, 3.05) is 26.4 Å². The van der Waals surface area contributed by atoms with Crippen LogP contribution in [0, 0.1) is 0 Å². The van der Waals surface area contributed by atoms with E-state index in [0.717, 1.165) is 77.0 Å². The van der Waals surface area contributed by atoms with Crippen LogP contribution in [0.25, 0.3) is 0 Å². The van der Waals surface area contributed by atoms with Gasteiger partial charge < -0.3 is 20.1 Å². The summed E-state index contributed by atoms with van der Waals surface area (Å²) in [6, 6.07) is 0. The Morgan fingerprint density at radius 1 is 0.585 bits per heavy atom. The zero-order valence-electron chi connectivity index (χ0n) is 34.0. The van der Waals surface area contributed by atoms with Gasteiger partial charge in [-0.2, -0.15) is 0 Å². The van der Waals surface area contributed by atoms with E-state index < -0.39 is 26.5 Å². The number of carbonyl (C=O) groups excluding carboxylic acids is 2. The molecule has 0 saturated heterocycles. The highest BCUT2D eigenvalue weighted by molar-refractivity contribution is 7.47. The molecule has 0 aromatic rings. The van der Waals surface area contributed by atoms with E-state index >= 15 is 0 Å². The first-order valence-electron chi connectivity index (χ1n) is 21.5. The number of phosphoric acid groups is 1. The zero-order chi connectivity index (χ0) is 38.9. The van der Waals surface area contributed by atoms with E-state index in [2.05, 4.69) is 55.6 Å². The van der Waals surface area contributed by atoms with Crippen LogP contribution in [-0.2, 0) is 27.9 Å². The van der Waals surface area contributed by atoms with E-state index in [-0.39, 0.29) is 32.1 Å². The van der Waals surface area contributed by atoms with E-state index in [1.807, 2.05) is 0 Å². The van der Waals surface area contributed by atoms with Crippen LogP contribution in [0.5, 0.6) is 0 Å². The number of allylic oxidation sites excluding steroid dienone is 6. The van der Waals surface area contributed by atoms with Gasteiger partial charge in [0.25, 0.3) is 0 Å². The van der Waals surface area contributed by atoms with Gasteiger partial charge in [-0.3, -0.25) is 18.6 Å². The molecule has 10 heteroatoms. The minimum atomic E-state index is -4.42. The molecule has 310 valence electrons. The van der Waals surface area contributed by atoms with Gasteiger partial charge in [0.05, 0.1) is 13.2 Å². The lowest BCUT2D eigenvalue weighted by atomic mass is 10.1. The SMILES string of the molecule is CCCCCC/C=C\C/C=C\CCCCCCCC(=O)OCC(O)COP(=O)(O)OCCNC(=O)CCCCCCC/C=C\CCCCCCCCC. The molecule has 3 N–H and O–H groups in total. The molecule has 0 rings (SSSR count). The summed E-state index contributed by atoms with van der Waals surface area (Å²) in [5, 5.41) is 12.7. The second-order valence-corrected chi connectivity index (χ2v) is 15.8. The number of carbonyl (C=O) groups is 2. The van der Waals surface area contributed by atoms with Gasteiger partial charge in [-0.1, -0.05) is 147 Å². The van der Waals surface area contributed by atoms with Crippen molar-refractivity contribution in [3.63, 3.8) is 0 Å². The monoisotopic (exact) mass is 770 g/mol. The third kappa shape index (κ3) is 41.2. The second-order valence-electron chi connectivity index (χ2n) is 14.3. The van der Waals surface area contributed by atoms with Crippen molar-refractivity contribution in [1.29, 1.82) is 0 Å². The normalized spacial score (nSPS) is 13.7. The Kier molecular flexibility index (Phi) is 38.6. The highest BCUT2D eigenvalue weighted by Gasteiger charge is 2.23. The molecule has 0 aliphatic carbocycles. The molecule has 2 atom stereocenters. The predicted octanol–water partition coefficient (Wildman–Crippen LogP) is 11.8. The summed E-state index contributed by atoms with van der Waals surface area (Å²) in [7, 11) is -4.42. The second kappa shape index (κ2) is 39.9. The number of ether oxygens (including phenoxy) is 1. The fraction of sp³-hybridized carbons (Fsp3) is 0.814. The van der Waals surface area contributed by atoms with Crippen LogP contribution in [0.4, 0.5) is 0 Å². The minimum Gasteiger partial charge on any atom is -0.463 e. The Bertz CT molecular complexity index is 970. The molecule has 0 aromatic carbocycles. The molecule has 0 aliphatic heterocycles. The smallest absolute Gasteiger partial charge is 0.463 e. The van der Waals surface area contributed by atoms with Crippen molar-refractivity contribution in [3.8, 4) is 0 Å². The number of hydrogen-bond donors (Lipinski definition) is 3. The molecule has 1 amide bonds. The van der Waals surface area contributed by atoms with Crippen LogP contribution in [0.3, 0.4) is 0 Å². The number of unbranched alkanes of at least 4 members (excludes halogenated alkanes) is 21. The summed E-state index contributed by atoms with van der Waals surface area (Å²) < 4.78 is 26.8. The number of hydrogen-bond acceptors (Lipinski definition) is 7. The molecule has 0 aliphatic rings. The number of nitrogens with one attached hydrogen (secondary N) is 1. The quantitative estimate of drug-likeness (QED) is 0.0243. The summed E-state index contributed by atoms with van der Waals surface area (Å²) in [6.45, 7) is 3.51. The lowest BCUT2D eigenvalue weighted by Crippen LogP contribution is -2.27. The first-order valence-corrected chi connectivity index (χ1v) is 23.0. The van der Waals surface area contributed by atoms with E-state index in [4.69, 9.17) is 13.8 Å². The van der Waals surface area contributed by atoms with Crippen molar-refractivity contribution in [3.05, 3.63) is 36.5 Å². The van der Waals surface area contributed by atoms with Gasteiger partial charge >= 0.3 is 13.8 Å². The topological polar surface area (TPSA) is 131 Å². The third-order valence-electron chi connectivity index (χ3n) is 9.04. The Morgan fingerprint density at radius 2 is 1.02 bits per heavy atom. The first kappa shape index (κ1) is 51.2. The molecule has 0 bridgehead atoms. The van der Waals surface area contributed by atoms with Crippen LogP contribution in [0.1, 0.15) is 194 Å². The maximum absolute atomic E-state index is 12.1. The highest BCUT2D eigenvalue weighted by Crippen LogP contribution is 2.42. The Balaban J connectivity index is 3.63. The maximum atomic E-state index is 12.1. The molecule has 53 heavy (non-hydrogen) atoms. The van der Waals surface area contributed by atoms with Crippen LogP contribution in [0.2, 0.25) is 0 Å². The molecule has 9 nitrogen and oxygen atoms in total. The molecular formula is C43H80NO8P. The molecule has 0 aromatic heterocycles. The number of phosphoric ester groups is 1. The largest absolute Gasteiger partial charge is 0.472 e. The van der Waals surface area contributed by atoms with Gasteiger partial charge in [-0.15, -0.1) is 0 Å². The number of amides is 1. The van der Waals surface area contributed by atoms with Gasteiger partial charge in [0, 0.05) is 19.4 Å². The molecular weight excluding hydrogens is 689 g/mol. The molecule has 0 spiro atoms. The van der Waals surface area contributed by atoms with Crippen LogP contribution in [-0.4, -0.2) is 54.3 Å². The predicted molar refractivity (Wildman–Crippen MR) is 220 cm³/mol. The van der Waals surface area contributed by atoms with E-state index in [1.54, 1.807) is 0 Å². The lowest BCUT2D eigenvalue weighted by molar-refractivity contribution is -0.147. The van der Waals surface area contributed by atoms with Crippen LogP contribution in [0.15, 0.2) is 36.5 Å². The molecule has 0 radical (unpaired) electrons. The molecule has 0 saturated carbocycles. The molecule has 0 heterocycles.